The highest BCUT2D eigenvalue weighted by Gasteiger charge is 2.30. The third kappa shape index (κ3) is 3.75. The summed E-state index contributed by atoms with van der Waals surface area (Å²) in [6.45, 7) is 2.12. The average molecular weight is 282 g/mol. The van der Waals surface area contributed by atoms with Crippen molar-refractivity contribution in [2.75, 3.05) is 6.54 Å². The molecular weight excluding hydrogens is 268 g/mol. The van der Waals surface area contributed by atoms with E-state index in [2.05, 4.69) is 5.32 Å². The molecule has 0 aliphatic carbocycles. The molecule has 108 valence electrons. The van der Waals surface area contributed by atoms with Crippen LogP contribution in [0, 0.1) is 17.0 Å². The number of carboxylic acid groups (broad SMARTS) is 1. The second-order valence-corrected chi connectivity index (χ2v) is 4.58. The van der Waals surface area contributed by atoms with Crippen LogP contribution in [0.2, 0.25) is 0 Å². The highest BCUT2D eigenvalue weighted by molar-refractivity contribution is 5.95. The van der Waals surface area contributed by atoms with Crippen LogP contribution in [0.5, 0.6) is 0 Å². The number of aryl methyl sites for hydroxylation is 1. The molecule has 0 saturated carbocycles. The van der Waals surface area contributed by atoms with Crippen LogP contribution >= 0.6 is 0 Å². The topological polar surface area (TPSA) is 130 Å². The Bertz CT molecular complexity index is 567. The van der Waals surface area contributed by atoms with Gasteiger partial charge >= 0.3 is 5.97 Å². The molecule has 8 nitrogen and oxygen atoms in total. The van der Waals surface area contributed by atoms with Crippen molar-refractivity contribution in [3.8, 4) is 0 Å². The summed E-state index contributed by atoms with van der Waals surface area (Å²) < 4.78 is 0. The van der Waals surface area contributed by atoms with E-state index in [1.165, 1.54) is 12.1 Å². The van der Waals surface area contributed by atoms with E-state index >= 15 is 0 Å². The number of hydrogen-bond acceptors (Lipinski definition) is 5. The van der Waals surface area contributed by atoms with Crippen molar-refractivity contribution < 1.29 is 24.7 Å². The number of nitro groups is 1. The molecule has 0 spiro atoms. The molecule has 0 heterocycles. The summed E-state index contributed by atoms with van der Waals surface area (Å²) >= 11 is 0. The molecular formula is C12H14N2O6. The summed E-state index contributed by atoms with van der Waals surface area (Å²) in [6, 6.07) is 3.82. The van der Waals surface area contributed by atoms with Gasteiger partial charge in [-0.15, -0.1) is 0 Å². The maximum absolute atomic E-state index is 11.8. The number of hydrogen-bond donors (Lipinski definition) is 3. The van der Waals surface area contributed by atoms with Gasteiger partial charge in [0.15, 0.2) is 5.60 Å². The normalized spacial score (nSPS) is 13.3. The van der Waals surface area contributed by atoms with E-state index in [1.807, 2.05) is 0 Å². The van der Waals surface area contributed by atoms with Gasteiger partial charge < -0.3 is 15.5 Å². The predicted molar refractivity (Wildman–Crippen MR) is 68.4 cm³/mol. The lowest BCUT2D eigenvalue weighted by molar-refractivity contribution is -0.384. The van der Waals surface area contributed by atoms with Crippen LogP contribution in [0.15, 0.2) is 18.2 Å². The van der Waals surface area contributed by atoms with Crippen molar-refractivity contribution in [3.05, 3.63) is 39.4 Å². The number of carbonyl (C=O) groups excluding carboxylic acids is 1. The van der Waals surface area contributed by atoms with Gasteiger partial charge in [0.25, 0.3) is 11.6 Å². The molecule has 0 aromatic heterocycles. The smallest absolute Gasteiger partial charge is 0.337 e. The van der Waals surface area contributed by atoms with Crippen LogP contribution in [0.4, 0.5) is 5.69 Å². The molecule has 8 heteroatoms. The standard InChI is InChI=1S/C12H14N2O6/c1-7-3-8(5-9(4-7)14(19)20)10(15)13-6-12(2,18)11(16)17/h3-5,18H,6H2,1-2H3,(H,13,15)(H,16,17). The number of aliphatic hydroxyl groups is 1. The van der Waals surface area contributed by atoms with E-state index in [-0.39, 0.29) is 11.3 Å². The third-order valence-electron chi connectivity index (χ3n) is 2.59. The largest absolute Gasteiger partial charge is 0.479 e. The van der Waals surface area contributed by atoms with Crippen LogP contribution in [0.1, 0.15) is 22.8 Å². The molecule has 0 fully saturated rings. The Balaban J connectivity index is 2.88. The summed E-state index contributed by atoms with van der Waals surface area (Å²) in [7, 11) is 0. The minimum absolute atomic E-state index is 0.0258. The maximum Gasteiger partial charge on any atom is 0.337 e. The molecule has 1 atom stereocenters. The van der Waals surface area contributed by atoms with Gasteiger partial charge in [0, 0.05) is 17.7 Å². The molecule has 20 heavy (non-hydrogen) atoms. The number of benzene rings is 1. The monoisotopic (exact) mass is 282 g/mol. The van der Waals surface area contributed by atoms with Crippen LogP contribution in [-0.4, -0.2) is 39.2 Å². The van der Waals surface area contributed by atoms with Gasteiger partial charge in [-0.05, 0) is 25.5 Å². The molecule has 1 unspecified atom stereocenters. The van der Waals surface area contributed by atoms with Gasteiger partial charge in [-0.25, -0.2) is 4.79 Å². The minimum atomic E-state index is -2.11. The van der Waals surface area contributed by atoms with Gasteiger partial charge in [-0.1, -0.05) is 0 Å². The van der Waals surface area contributed by atoms with Crippen LogP contribution in [-0.2, 0) is 4.79 Å². The number of nitrogens with zero attached hydrogens (tertiary/aromatic N) is 1. The Kier molecular flexibility index (Phi) is 4.41. The number of nitrogens with one attached hydrogen (secondary N) is 1. The number of rotatable bonds is 5. The number of nitro benzene ring substituents is 1. The second-order valence-electron chi connectivity index (χ2n) is 4.58. The highest BCUT2D eigenvalue weighted by atomic mass is 16.6. The van der Waals surface area contributed by atoms with Crippen LogP contribution in [0.25, 0.3) is 0 Å². The molecule has 1 aromatic carbocycles. The molecule has 0 bridgehead atoms. The van der Waals surface area contributed by atoms with Gasteiger partial charge in [-0.3, -0.25) is 14.9 Å². The van der Waals surface area contributed by atoms with Gasteiger partial charge in [-0.2, -0.15) is 0 Å². The van der Waals surface area contributed by atoms with Crippen molar-refractivity contribution in [3.63, 3.8) is 0 Å². The van der Waals surface area contributed by atoms with E-state index in [0.29, 0.717) is 5.56 Å². The summed E-state index contributed by atoms with van der Waals surface area (Å²) in [5.74, 6) is -2.17. The van der Waals surface area contributed by atoms with Crippen LogP contribution < -0.4 is 5.32 Å². The Labute approximate surface area is 114 Å². The summed E-state index contributed by atoms with van der Waals surface area (Å²) in [5, 5.41) is 31.1. The molecule has 3 N–H and O–H groups in total. The third-order valence-corrected chi connectivity index (χ3v) is 2.59. The minimum Gasteiger partial charge on any atom is -0.479 e. The molecule has 0 aliphatic rings. The van der Waals surface area contributed by atoms with Gasteiger partial charge in [0.2, 0.25) is 0 Å². The lowest BCUT2D eigenvalue weighted by Gasteiger charge is -2.18. The second kappa shape index (κ2) is 5.66. The van der Waals surface area contributed by atoms with Crippen molar-refractivity contribution >= 4 is 17.6 Å². The van der Waals surface area contributed by atoms with Crippen molar-refractivity contribution in [2.24, 2.45) is 0 Å². The number of carbonyl (C=O) groups is 2. The molecule has 1 aromatic rings. The Hall–Kier alpha value is -2.48. The molecule has 0 radical (unpaired) electrons. The summed E-state index contributed by atoms with van der Waals surface area (Å²) in [5.41, 5.74) is -1.79. The van der Waals surface area contributed by atoms with E-state index in [9.17, 15) is 24.8 Å². The van der Waals surface area contributed by atoms with E-state index in [4.69, 9.17) is 5.11 Å². The SMILES string of the molecule is Cc1cc(C(=O)NCC(C)(O)C(=O)O)cc([N+](=O)[O-])c1. The van der Waals surface area contributed by atoms with E-state index in [1.54, 1.807) is 6.92 Å². The molecule has 0 saturated heterocycles. The first-order valence-corrected chi connectivity index (χ1v) is 5.63. The zero-order chi connectivity index (χ0) is 15.5. The fourth-order valence-electron chi connectivity index (χ4n) is 1.43. The average Bonchev–Trinajstić information content (AvgIpc) is 2.35. The highest BCUT2D eigenvalue weighted by Crippen LogP contribution is 2.16. The number of amides is 1. The summed E-state index contributed by atoms with van der Waals surface area (Å²) in [6.07, 6.45) is 0. The van der Waals surface area contributed by atoms with E-state index < -0.39 is 28.9 Å². The summed E-state index contributed by atoms with van der Waals surface area (Å²) in [4.78, 5) is 32.5. The maximum atomic E-state index is 11.8. The number of aliphatic carboxylic acids is 1. The zero-order valence-electron chi connectivity index (χ0n) is 10.9. The first-order chi connectivity index (χ1) is 9.13. The molecule has 0 aliphatic heterocycles. The Morgan fingerprint density at radius 2 is 2.00 bits per heavy atom. The Morgan fingerprint density at radius 3 is 2.50 bits per heavy atom. The first kappa shape index (κ1) is 15.6. The van der Waals surface area contributed by atoms with Crippen molar-refractivity contribution in [2.45, 2.75) is 19.4 Å². The number of non-ortho nitro benzene ring substituents is 1. The fourth-order valence-corrected chi connectivity index (χ4v) is 1.43. The first-order valence-electron chi connectivity index (χ1n) is 5.63. The Morgan fingerprint density at radius 1 is 1.40 bits per heavy atom. The predicted octanol–water partition coefficient (Wildman–Crippen LogP) is 0.469. The van der Waals surface area contributed by atoms with E-state index in [0.717, 1.165) is 13.0 Å². The lowest BCUT2D eigenvalue weighted by Crippen LogP contribution is -2.46. The molecule has 1 amide bonds. The van der Waals surface area contributed by atoms with Crippen molar-refractivity contribution in [1.29, 1.82) is 0 Å². The van der Waals surface area contributed by atoms with Crippen molar-refractivity contribution in [1.82, 2.24) is 5.32 Å². The lowest BCUT2D eigenvalue weighted by atomic mass is 10.1. The zero-order valence-corrected chi connectivity index (χ0v) is 10.9. The molecule has 1 rings (SSSR count). The fraction of sp³-hybridized carbons (Fsp3) is 0.333. The van der Waals surface area contributed by atoms with Gasteiger partial charge in [0.05, 0.1) is 11.5 Å². The van der Waals surface area contributed by atoms with Gasteiger partial charge in [0.1, 0.15) is 0 Å². The quantitative estimate of drug-likeness (QED) is 0.531. The number of carboxylic acids is 1. The van der Waals surface area contributed by atoms with Crippen LogP contribution in [0.3, 0.4) is 0 Å².